The molecule has 0 fully saturated rings. The minimum Gasteiger partial charge on any atom is -0.298 e. The second-order valence-electron chi connectivity index (χ2n) is 6.52. The summed E-state index contributed by atoms with van der Waals surface area (Å²) in [5, 5.41) is 0. The fraction of sp³-hybridized carbons (Fsp3) is 0.867. The zero-order valence-corrected chi connectivity index (χ0v) is 14.7. The van der Waals surface area contributed by atoms with Crippen LogP contribution in [0.4, 0.5) is 0 Å². The van der Waals surface area contributed by atoms with Gasteiger partial charge in [-0.1, -0.05) is 20.8 Å². The van der Waals surface area contributed by atoms with Crippen LogP contribution in [0.5, 0.6) is 0 Å². The molecule has 0 amide bonds. The predicted octanol–water partition coefficient (Wildman–Crippen LogP) is 3.59. The lowest BCUT2D eigenvalue weighted by Gasteiger charge is -2.19. The van der Waals surface area contributed by atoms with Crippen molar-refractivity contribution in [1.82, 2.24) is 0 Å². The van der Waals surface area contributed by atoms with Crippen molar-refractivity contribution in [3.63, 3.8) is 0 Å². The van der Waals surface area contributed by atoms with E-state index in [-0.39, 0.29) is 17.5 Å². The summed E-state index contributed by atoms with van der Waals surface area (Å²) in [4.78, 5) is 39.6. The molecule has 0 unspecified atom stereocenters. The Kier molecular flexibility index (Phi) is 10.3. The lowest BCUT2D eigenvalue weighted by atomic mass is 10.1. The maximum Gasteiger partial charge on any atom is 0.344 e. The number of carbonyl (C=O) groups is 2. The molecule has 0 aromatic carbocycles. The van der Waals surface area contributed by atoms with Crippen molar-refractivity contribution in [1.29, 1.82) is 0 Å². The number of hydrogen-bond donors (Lipinski definition) is 0. The Balaban J connectivity index is 0. The highest BCUT2D eigenvalue weighted by atomic mass is 17.2. The first-order valence-electron chi connectivity index (χ1n) is 7.06. The first-order chi connectivity index (χ1) is 9.30. The van der Waals surface area contributed by atoms with E-state index in [9.17, 15) is 9.59 Å². The Morgan fingerprint density at radius 1 is 0.952 bits per heavy atom. The van der Waals surface area contributed by atoms with Gasteiger partial charge in [-0.3, -0.25) is 9.78 Å². The highest BCUT2D eigenvalue weighted by Gasteiger charge is 2.18. The van der Waals surface area contributed by atoms with E-state index in [1.807, 2.05) is 41.5 Å². The zero-order valence-electron chi connectivity index (χ0n) is 14.7. The van der Waals surface area contributed by atoms with Crippen LogP contribution in [0.3, 0.4) is 0 Å². The van der Waals surface area contributed by atoms with Gasteiger partial charge in [-0.05, 0) is 41.0 Å². The molecule has 0 saturated carbocycles. The Hall–Kier alpha value is -1.14. The molecule has 0 aliphatic carbocycles. The highest BCUT2D eigenvalue weighted by Crippen LogP contribution is 2.13. The molecule has 0 aliphatic heterocycles. The maximum absolute atomic E-state index is 10.8. The smallest absolute Gasteiger partial charge is 0.298 e. The molecule has 0 spiro atoms. The van der Waals surface area contributed by atoms with Gasteiger partial charge in [0.15, 0.2) is 0 Å². The van der Waals surface area contributed by atoms with E-state index < -0.39 is 11.6 Å². The normalized spacial score (nSPS) is 11.5. The van der Waals surface area contributed by atoms with E-state index in [0.717, 1.165) is 6.42 Å². The fourth-order valence-electron chi connectivity index (χ4n) is 0.493. The van der Waals surface area contributed by atoms with E-state index in [4.69, 9.17) is 9.78 Å². The van der Waals surface area contributed by atoms with Crippen LogP contribution in [-0.2, 0) is 29.1 Å². The maximum atomic E-state index is 10.8. The number of hydrogen-bond acceptors (Lipinski definition) is 6. The molecule has 126 valence electrons. The third-order valence-electron chi connectivity index (χ3n) is 2.08. The van der Waals surface area contributed by atoms with Gasteiger partial charge in [0.2, 0.25) is 0 Å². The van der Waals surface area contributed by atoms with Crippen molar-refractivity contribution in [2.24, 2.45) is 5.92 Å². The Bertz CT molecular complexity index is 315. The molecule has 6 heteroatoms. The highest BCUT2D eigenvalue weighted by molar-refractivity contribution is 5.70. The average molecular weight is 306 g/mol. The molecule has 0 N–H and O–H groups in total. The number of rotatable bonds is 5. The summed E-state index contributed by atoms with van der Waals surface area (Å²) in [7, 11) is 0. The van der Waals surface area contributed by atoms with Crippen LogP contribution in [0, 0.1) is 5.92 Å². The molecule has 0 aromatic heterocycles. The largest absolute Gasteiger partial charge is 0.344 e. The van der Waals surface area contributed by atoms with Crippen LogP contribution in [0.2, 0.25) is 0 Å². The molecular weight excluding hydrogens is 276 g/mol. The molecular formula is C15H30O6. The van der Waals surface area contributed by atoms with Crippen LogP contribution in [0.25, 0.3) is 0 Å². The molecule has 0 radical (unpaired) electrons. The van der Waals surface area contributed by atoms with Gasteiger partial charge in [-0.15, -0.1) is 0 Å². The van der Waals surface area contributed by atoms with Crippen molar-refractivity contribution in [2.45, 2.75) is 79.9 Å². The van der Waals surface area contributed by atoms with Crippen LogP contribution in [0.15, 0.2) is 0 Å². The van der Waals surface area contributed by atoms with Crippen molar-refractivity contribution in [2.75, 3.05) is 0 Å². The molecule has 0 bridgehead atoms. The Labute approximate surface area is 127 Å². The molecule has 0 aromatic rings. The van der Waals surface area contributed by atoms with Gasteiger partial charge in [-0.25, -0.2) is 9.59 Å². The standard InChI is InChI=1S/C8H16O3.C7H14O3/c1-6(2)7(9)10-11-8(3,4)5;1-5-7(3,4)10-9-6(2)8/h6H,1-5H3;5H2,1-4H3. The molecule has 0 heterocycles. The van der Waals surface area contributed by atoms with Gasteiger partial charge >= 0.3 is 11.9 Å². The summed E-state index contributed by atoms with van der Waals surface area (Å²) in [5.74, 6) is -0.890. The van der Waals surface area contributed by atoms with Crippen LogP contribution in [0.1, 0.15) is 68.7 Å². The van der Waals surface area contributed by atoms with Crippen molar-refractivity contribution < 1.29 is 29.1 Å². The predicted molar refractivity (Wildman–Crippen MR) is 79.0 cm³/mol. The Morgan fingerprint density at radius 3 is 1.71 bits per heavy atom. The van der Waals surface area contributed by atoms with E-state index in [1.54, 1.807) is 13.8 Å². The molecule has 0 rings (SSSR count). The quantitative estimate of drug-likeness (QED) is 0.571. The fourth-order valence-corrected chi connectivity index (χ4v) is 0.493. The van der Waals surface area contributed by atoms with Gasteiger partial charge < -0.3 is 0 Å². The average Bonchev–Trinajstić information content (AvgIpc) is 2.33. The summed E-state index contributed by atoms with van der Waals surface area (Å²) in [6.45, 7) is 16.0. The lowest BCUT2D eigenvalue weighted by Crippen LogP contribution is -2.24. The summed E-state index contributed by atoms with van der Waals surface area (Å²) < 4.78 is 0. The molecule has 0 atom stereocenters. The van der Waals surface area contributed by atoms with Crippen LogP contribution < -0.4 is 0 Å². The topological polar surface area (TPSA) is 71.1 Å². The summed E-state index contributed by atoms with van der Waals surface area (Å²) in [6.07, 6.45) is 0.806. The minimum absolute atomic E-state index is 0.141. The zero-order chi connectivity index (χ0) is 17.3. The van der Waals surface area contributed by atoms with Gasteiger partial charge in [0.25, 0.3) is 0 Å². The number of carbonyl (C=O) groups excluding carboxylic acids is 2. The van der Waals surface area contributed by atoms with Gasteiger partial charge in [0.1, 0.15) is 11.2 Å². The first kappa shape index (κ1) is 22.1. The van der Waals surface area contributed by atoms with Gasteiger partial charge in [0.05, 0.1) is 5.92 Å². The second-order valence-corrected chi connectivity index (χ2v) is 6.52. The minimum atomic E-state index is -0.426. The van der Waals surface area contributed by atoms with E-state index >= 15 is 0 Å². The van der Waals surface area contributed by atoms with Crippen LogP contribution in [-0.4, -0.2) is 23.1 Å². The molecule has 21 heavy (non-hydrogen) atoms. The van der Waals surface area contributed by atoms with E-state index in [0.29, 0.717) is 0 Å². The monoisotopic (exact) mass is 306 g/mol. The molecule has 6 nitrogen and oxygen atoms in total. The summed E-state index contributed by atoms with van der Waals surface area (Å²) in [6, 6.07) is 0. The van der Waals surface area contributed by atoms with Crippen molar-refractivity contribution in [3.05, 3.63) is 0 Å². The van der Waals surface area contributed by atoms with Gasteiger partial charge in [-0.2, -0.15) is 9.78 Å². The SMILES string of the molecule is CC(C)C(=O)OOC(C)(C)C.CCC(C)(C)OOC(C)=O. The van der Waals surface area contributed by atoms with Crippen LogP contribution >= 0.6 is 0 Å². The third kappa shape index (κ3) is 16.8. The lowest BCUT2D eigenvalue weighted by molar-refractivity contribution is -0.323. The van der Waals surface area contributed by atoms with Gasteiger partial charge in [0, 0.05) is 6.92 Å². The van der Waals surface area contributed by atoms with Crippen molar-refractivity contribution in [3.8, 4) is 0 Å². The van der Waals surface area contributed by atoms with E-state index in [2.05, 4.69) is 9.78 Å². The molecule has 0 saturated heterocycles. The van der Waals surface area contributed by atoms with E-state index in [1.165, 1.54) is 6.92 Å². The molecule has 0 aliphatic rings. The Morgan fingerprint density at radius 2 is 1.43 bits per heavy atom. The van der Waals surface area contributed by atoms with Crippen molar-refractivity contribution >= 4 is 11.9 Å². The third-order valence-corrected chi connectivity index (χ3v) is 2.08. The summed E-state index contributed by atoms with van der Waals surface area (Å²) >= 11 is 0. The first-order valence-corrected chi connectivity index (χ1v) is 7.06. The summed E-state index contributed by atoms with van der Waals surface area (Å²) in [5.41, 5.74) is -0.795. The second kappa shape index (κ2) is 9.73.